The molecule has 0 unspecified atom stereocenters. The second-order valence-electron chi connectivity index (χ2n) is 8.59. The number of halogens is 1. The first-order chi connectivity index (χ1) is 15.7. The zero-order valence-corrected chi connectivity index (χ0v) is 21.2. The number of carbonyl (C=O) groups is 2. The first-order valence-electron chi connectivity index (χ1n) is 11.3. The third-order valence-electron chi connectivity index (χ3n) is 5.35. The van der Waals surface area contributed by atoms with Crippen LogP contribution in [0.25, 0.3) is 0 Å². The molecule has 180 valence electrons. The molecule has 0 aromatic heterocycles. The number of hydrogen-bond donors (Lipinski definition) is 1. The zero-order chi connectivity index (χ0) is 24.5. The molecular weight excluding hydrogens is 440 g/mol. The van der Waals surface area contributed by atoms with Gasteiger partial charge in [0.25, 0.3) is 5.91 Å². The van der Waals surface area contributed by atoms with Gasteiger partial charge < -0.3 is 19.7 Å². The number of ether oxygens (including phenoxy) is 2. The summed E-state index contributed by atoms with van der Waals surface area (Å²) in [6.45, 7) is 10.4. The van der Waals surface area contributed by atoms with Crippen molar-refractivity contribution in [2.75, 3.05) is 20.3 Å². The summed E-state index contributed by atoms with van der Waals surface area (Å²) < 4.78 is 11.0. The van der Waals surface area contributed by atoms with E-state index in [9.17, 15) is 9.59 Å². The molecule has 0 fully saturated rings. The van der Waals surface area contributed by atoms with E-state index >= 15 is 0 Å². The highest BCUT2D eigenvalue weighted by atomic mass is 35.5. The number of methoxy groups -OCH3 is 1. The van der Waals surface area contributed by atoms with Crippen LogP contribution in [0.5, 0.6) is 11.5 Å². The number of nitrogens with zero attached hydrogens (tertiary/aromatic N) is 1. The largest absolute Gasteiger partial charge is 0.497 e. The van der Waals surface area contributed by atoms with Crippen molar-refractivity contribution >= 4 is 23.4 Å². The van der Waals surface area contributed by atoms with Gasteiger partial charge in [-0.1, -0.05) is 44.5 Å². The lowest BCUT2D eigenvalue weighted by atomic mass is 10.1. The molecular formula is C26H35ClN2O4. The van der Waals surface area contributed by atoms with Crippen LogP contribution in [-0.2, 0) is 16.1 Å². The van der Waals surface area contributed by atoms with Gasteiger partial charge in [-0.05, 0) is 67.1 Å². The van der Waals surface area contributed by atoms with Crippen molar-refractivity contribution < 1.29 is 19.1 Å². The maximum absolute atomic E-state index is 13.3. The summed E-state index contributed by atoms with van der Waals surface area (Å²) in [4.78, 5) is 27.8. The Bertz CT molecular complexity index is 921. The standard InChI is InChI=1S/C26H35ClN2O4/c1-7-23(26(31)28-14-17(2)3)29(15-20-8-10-21(32-6)11-9-20)24(30)16-33-22-12-18(4)25(27)19(5)13-22/h8-13,17,23H,7,14-16H2,1-6H3,(H,28,31)/t23-/m1/s1. The summed E-state index contributed by atoms with van der Waals surface area (Å²) in [6.07, 6.45) is 0.491. The van der Waals surface area contributed by atoms with Crippen LogP contribution < -0.4 is 14.8 Å². The van der Waals surface area contributed by atoms with Gasteiger partial charge in [0.2, 0.25) is 5.91 Å². The molecule has 2 aromatic carbocycles. The Morgan fingerprint density at radius 2 is 1.67 bits per heavy atom. The molecule has 2 amide bonds. The van der Waals surface area contributed by atoms with Crippen molar-refractivity contribution in [3.8, 4) is 11.5 Å². The minimum atomic E-state index is -0.601. The van der Waals surface area contributed by atoms with Crippen molar-refractivity contribution in [2.45, 2.75) is 53.6 Å². The van der Waals surface area contributed by atoms with Crippen LogP contribution in [0.2, 0.25) is 5.02 Å². The normalized spacial score (nSPS) is 11.8. The van der Waals surface area contributed by atoms with E-state index in [1.807, 2.05) is 71.0 Å². The summed E-state index contributed by atoms with van der Waals surface area (Å²) in [5, 5.41) is 3.64. The Morgan fingerprint density at radius 3 is 2.18 bits per heavy atom. The summed E-state index contributed by atoms with van der Waals surface area (Å²) in [6, 6.07) is 10.5. The highest BCUT2D eigenvalue weighted by molar-refractivity contribution is 6.32. The smallest absolute Gasteiger partial charge is 0.261 e. The molecule has 6 nitrogen and oxygen atoms in total. The highest BCUT2D eigenvalue weighted by Gasteiger charge is 2.29. The molecule has 0 saturated carbocycles. The Hall–Kier alpha value is -2.73. The Morgan fingerprint density at radius 1 is 1.06 bits per heavy atom. The minimum Gasteiger partial charge on any atom is -0.497 e. The van der Waals surface area contributed by atoms with Crippen LogP contribution in [0.1, 0.15) is 43.9 Å². The summed E-state index contributed by atoms with van der Waals surface area (Å²) >= 11 is 6.24. The molecule has 1 N–H and O–H groups in total. The third-order valence-corrected chi connectivity index (χ3v) is 5.95. The number of hydrogen-bond acceptors (Lipinski definition) is 4. The monoisotopic (exact) mass is 474 g/mol. The van der Waals surface area contributed by atoms with E-state index in [0.29, 0.717) is 36.2 Å². The quantitative estimate of drug-likeness (QED) is 0.501. The van der Waals surface area contributed by atoms with Gasteiger partial charge in [-0.15, -0.1) is 0 Å². The fraction of sp³-hybridized carbons (Fsp3) is 0.462. The van der Waals surface area contributed by atoms with E-state index in [2.05, 4.69) is 5.32 Å². The SMILES string of the molecule is CC[C@H](C(=O)NCC(C)C)N(Cc1ccc(OC)cc1)C(=O)COc1cc(C)c(Cl)c(C)c1. The first kappa shape index (κ1) is 26.5. The number of benzene rings is 2. The van der Waals surface area contributed by atoms with Gasteiger partial charge in [0.05, 0.1) is 7.11 Å². The van der Waals surface area contributed by atoms with Gasteiger partial charge in [0.1, 0.15) is 17.5 Å². The van der Waals surface area contributed by atoms with Crippen LogP contribution in [0, 0.1) is 19.8 Å². The van der Waals surface area contributed by atoms with Gasteiger partial charge in [0.15, 0.2) is 6.61 Å². The van der Waals surface area contributed by atoms with Crippen LogP contribution in [0.3, 0.4) is 0 Å². The molecule has 0 radical (unpaired) electrons. The molecule has 0 bridgehead atoms. The number of amides is 2. The molecule has 0 saturated heterocycles. The fourth-order valence-electron chi connectivity index (χ4n) is 3.49. The Labute approximate surface area is 202 Å². The van der Waals surface area contributed by atoms with Gasteiger partial charge in [-0.25, -0.2) is 0 Å². The zero-order valence-electron chi connectivity index (χ0n) is 20.4. The van der Waals surface area contributed by atoms with Gasteiger partial charge in [-0.2, -0.15) is 0 Å². The maximum atomic E-state index is 13.3. The number of carbonyl (C=O) groups excluding carboxylic acids is 2. The second kappa shape index (κ2) is 12.5. The Balaban J connectivity index is 2.23. The molecule has 0 heterocycles. The second-order valence-corrected chi connectivity index (χ2v) is 8.97. The van der Waals surface area contributed by atoms with Gasteiger partial charge >= 0.3 is 0 Å². The Kier molecular flexibility index (Phi) is 10.0. The van der Waals surface area contributed by atoms with Crippen molar-refractivity contribution in [1.29, 1.82) is 0 Å². The predicted molar refractivity (Wildman–Crippen MR) is 132 cm³/mol. The van der Waals surface area contributed by atoms with Crippen LogP contribution in [-0.4, -0.2) is 43.0 Å². The topological polar surface area (TPSA) is 67.9 Å². The van der Waals surface area contributed by atoms with E-state index in [-0.39, 0.29) is 18.4 Å². The first-order valence-corrected chi connectivity index (χ1v) is 11.6. The number of rotatable bonds is 11. The van der Waals surface area contributed by atoms with Crippen molar-refractivity contribution in [2.24, 2.45) is 5.92 Å². The number of aryl methyl sites for hydroxylation is 2. The van der Waals surface area contributed by atoms with Crippen LogP contribution >= 0.6 is 11.6 Å². The van der Waals surface area contributed by atoms with Crippen molar-refractivity contribution in [1.82, 2.24) is 10.2 Å². The third kappa shape index (κ3) is 7.67. The molecule has 0 aliphatic rings. The van der Waals surface area contributed by atoms with E-state index in [1.54, 1.807) is 12.0 Å². The van der Waals surface area contributed by atoms with Crippen LogP contribution in [0.4, 0.5) is 0 Å². The number of nitrogens with one attached hydrogen (secondary N) is 1. The van der Waals surface area contributed by atoms with Crippen molar-refractivity contribution in [3.63, 3.8) is 0 Å². The van der Waals surface area contributed by atoms with Crippen molar-refractivity contribution in [3.05, 3.63) is 58.1 Å². The van der Waals surface area contributed by atoms with E-state index in [1.165, 1.54) is 0 Å². The molecule has 2 rings (SSSR count). The molecule has 7 heteroatoms. The van der Waals surface area contributed by atoms with E-state index in [0.717, 1.165) is 22.4 Å². The lowest BCUT2D eigenvalue weighted by molar-refractivity contribution is -0.143. The molecule has 1 atom stereocenters. The lowest BCUT2D eigenvalue weighted by Gasteiger charge is -2.31. The minimum absolute atomic E-state index is 0.161. The molecule has 0 spiro atoms. The molecule has 0 aliphatic heterocycles. The van der Waals surface area contributed by atoms with E-state index < -0.39 is 6.04 Å². The average molecular weight is 475 g/mol. The van der Waals surface area contributed by atoms with Gasteiger partial charge in [0, 0.05) is 18.1 Å². The molecule has 0 aliphatic carbocycles. The van der Waals surface area contributed by atoms with Gasteiger partial charge in [-0.3, -0.25) is 9.59 Å². The predicted octanol–water partition coefficient (Wildman–Crippen LogP) is 4.92. The van der Waals surface area contributed by atoms with Crippen LogP contribution in [0.15, 0.2) is 36.4 Å². The maximum Gasteiger partial charge on any atom is 0.261 e. The fourth-order valence-corrected chi connectivity index (χ4v) is 3.60. The highest BCUT2D eigenvalue weighted by Crippen LogP contribution is 2.26. The van der Waals surface area contributed by atoms with E-state index in [4.69, 9.17) is 21.1 Å². The summed E-state index contributed by atoms with van der Waals surface area (Å²) in [5.41, 5.74) is 2.67. The lowest BCUT2D eigenvalue weighted by Crippen LogP contribution is -2.50. The summed E-state index contributed by atoms with van der Waals surface area (Å²) in [5.74, 6) is 1.20. The summed E-state index contributed by atoms with van der Waals surface area (Å²) in [7, 11) is 1.61. The molecule has 2 aromatic rings. The molecule has 33 heavy (non-hydrogen) atoms. The average Bonchev–Trinajstić information content (AvgIpc) is 2.79.